The molecular weight excluding hydrogens is 314 g/mol. The van der Waals surface area contributed by atoms with Crippen molar-refractivity contribution in [2.24, 2.45) is 0 Å². The molecule has 1 fully saturated rings. The number of hydrogen-bond donors (Lipinski definition) is 1. The number of amides is 2. The molecule has 2 amide bonds. The maximum Gasteiger partial charge on any atom is 0.321 e. The van der Waals surface area contributed by atoms with Crippen molar-refractivity contribution in [1.82, 2.24) is 19.9 Å². The normalized spacial score (nSPS) is 20.3. The van der Waals surface area contributed by atoms with E-state index in [-0.39, 0.29) is 10.8 Å². The van der Waals surface area contributed by atoms with E-state index in [2.05, 4.69) is 15.6 Å². The molecule has 1 atom stereocenters. The van der Waals surface area contributed by atoms with Crippen molar-refractivity contribution in [3.05, 3.63) is 36.7 Å². The molecule has 1 saturated heterocycles. The van der Waals surface area contributed by atoms with Gasteiger partial charge in [-0.2, -0.15) is 0 Å². The highest BCUT2D eigenvalue weighted by atomic mass is 32.2. The molecule has 23 heavy (non-hydrogen) atoms. The Morgan fingerprint density at radius 3 is 2.65 bits per heavy atom. The zero-order valence-corrected chi connectivity index (χ0v) is 13.9. The van der Waals surface area contributed by atoms with Gasteiger partial charge in [-0.05, 0) is 38.1 Å². The van der Waals surface area contributed by atoms with Gasteiger partial charge in [0.2, 0.25) is 0 Å². The first-order chi connectivity index (χ1) is 11.0. The Labute approximate surface area is 137 Å². The van der Waals surface area contributed by atoms with Gasteiger partial charge in [-0.1, -0.05) is 5.21 Å². The second-order valence-electron chi connectivity index (χ2n) is 6.06. The third kappa shape index (κ3) is 3.42. The molecule has 1 unspecified atom stereocenters. The van der Waals surface area contributed by atoms with E-state index in [9.17, 15) is 9.00 Å². The minimum Gasteiger partial charge on any atom is -0.322 e. The van der Waals surface area contributed by atoms with Crippen LogP contribution in [0.2, 0.25) is 0 Å². The first-order valence-corrected chi connectivity index (χ1v) is 8.69. The van der Waals surface area contributed by atoms with Crippen LogP contribution in [0.3, 0.4) is 0 Å². The van der Waals surface area contributed by atoms with E-state index < -0.39 is 10.8 Å². The molecule has 0 radical (unpaired) electrons. The SMILES string of the molecule is CC1(C)CN(C(=O)Nc2ccc(-n3ccnn3)cc2)CCS1=O. The second kappa shape index (κ2) is 6.11. The lowest BCUT2D eigenvalue weighted by atomic mass is 10.2. The Balaban J connectivity index is 1.65. The molecule has 0 bridgehead atoms. The van der Waals surface area contributed by atoms with Gasteiger partial charge in [0.25, 0.3) is 0 Å². The van der Waals surface area contributed by atoms with Crippen LogP contribution in [-0.4, -0.2) is 53.7 Å². The van der Waals surface area contributed by atoms with Gasteiger partial charge in [-0.25, -0.2) is 9.48 Å². The summed E-state index contributed by atoms with van der Waals surface area (Å²) in [6, 6.07) is 7.20. The molecule has 3 rings (SSSR count). The molecule has 8 heteroatoms. The van der Waals surface area contributed by atoms with E-state index in [0.29, 0.717) is 24.5 Å². The summed E-state index contributed by atoms with van der Waals surface area (Å²) in [5.74, 6) is 0.520. The molecule has 1 N–H and O–H groups in total. The van der Waals surface area contributed by atoms with E-state index in [0.717, 1.165) is 5.69 Å². The van der Waals surface area contributed by atoms with Crippen molar-refractivity contribution in [3.63, 3.8) is 0 Å². The number of benzene rings is 1. The van der Waals surface area contributed by atoms with Crippen molar-refractivity contribution >= 4 is 22.5 Å². The highest BCUT2D eigenvalue weighted by molar-refractivity contribution is 7.86. The topological polar surface area (TPSA) is 80.1 Å². The van der Waals surface area contributed by atoms with Crippen LogP contribution in [0.4, 0.5) is 10.5 Å². The van der Waals surface area contributed by atoms with Gasteiger partial charge < -0.3 is 10.2 Å². The molecule has 0 saturated carbocycles. The molecule has 1 aromatic heterocycles. The summed E-state index contributed by atoms with van der Waals surface area (Å²) in [4.78, 5) is 14.1. The van der Waals surface area contributed by atoms with Gasteiger partial charge in [0.1, 0.15) is 0 Å². The minimum absolute atomic E-state index is 0.164. The van der Waals surface area contributed by atoms with Crippen LogP contribution in [0.15, 0.2) is 36.7 Å². The fourth-order valence-corrected chi connectivity index (χ4v) is 3.74. The lowest BCUT2D eigenvalue weighted by Gasteiger charge is -2.37. The quantitative estimate of drug-likeness (QED) is 0.906. The number of rotatable bonds is 2. The fraction of sp³-hybridized carbons (Fsp3) is 0.400. The van der Waals surface area contributed by atoms with Crippen LogP contribution in [-0.2, 0) is 10.8 Å². The van der Waals surface area contributed by atoms with Gasteiger partial charge >= 0.3 is 6.03 Å². The van der Waals surface area contributed by atoms with Crippen molar-refractivity contribution in [1.29, 1.82) is 0 Å². The van der Waals surface area contributed by atoms with Gasteiger partial charge in [-0.3, -0.25) is 4.21 Å². The molecule has 1 aliphatic rings. The first-order valence-electron chi connectivity index (χ1n) is 7.37. The summed E-state index contributed by atoms with van der Waals surface area (Å²) < 4.78 is 13.2. The summed E-state index contributed by atoms with van der Waals surface area (Å²) in [6.07, 6.45) is 3.36. The molecular formula is C15H19N5O2S. The molecule has 122 valence electrons. The Bertz CT molecular complexity index is 712. The predicted octanol–water partition coefficient (Wildman–Crippen LogP) is 1.64. The molecule has 0 spiro atoms. The van der Waals surface area contributed by atoms with Crippen LogP contribution in [0, 0.1) is 0 Å². The van der Waals surface area contributed by atoms with Crippen LogP contribution >= 0.6 is 0 Å². The Morgan fingerprint density at radius 1 is 1.30 bits per heavy atom. The van der Waals surface area contributed by atoms with E-state index in [1.807, 2.05) is 38.1 Å². The third-order valence-electron chi connectivity index (χ3n) is 3.83. The maximum absolute atomic E-state index is 12.4. The number of carbonyl (C=O) groups is 1. The number of anilines is 1. The maximum atomic E-state index is 12.4. The number of hydrogen-bond acceptors (Lipinski definition) is 4. The summed E-state index contributed by atoms with van der Waals surface area (Å²) in [5, 5.41) is 10.6. The van der Waals surface area contributed by atoms with Crippen molar-refractivity contribution in [2.75, 3.05) is 24.2 Å². The van der Waals surface area contributed by atoms with Crippen LogP contribution < -0.4 is 5.32 Å². The number of urea groups is 1. The largest absolute Gasteiger partial charge is 0.322 e. The lowest BCUT2D eigenvalue weighted by molar-refractivity contribution is 0.207. The molecule has 2 heterocycles. The van der Waals surface area contributed by atoms with Gasteiger partial charge in [-0.15, -0.1) is 5.10 Å². The summed E-state index contributed by atoms with van der Waals surface area (Å²) in [5.41, 5.74) is 1.58. The van der Waals surface area contributed by atoms with Crippen molar-refractivity contribution < 1.29 is 9.00 Å². The average molecular weight is 333 g/mol. The molecule has 0 aliphatic carbocycles. The van der Waals surface area contributed by atoms with Crippen molar-refractivity contribution in [2.45, 2.75) is 18.6 Å². The molecule has 1 aliphatic heterocycles. The van der Waals surface area contributed by atoms with Crippen LogP contribution in [0.5, 0.6) is 0 Å². The average Bonchev–Trinajstić information content (AvgIpc) is 3.05. The monoisotopic (exact) mass is 333 g/mol. The van der Waals surface area contributed by atoms with E-state index >= 15 is 0 Å². The van der Waals surface area contributed by atoms with Gasteiger partial charge in [0.05, 0.1) is 22.8 Å². The summed E-state index contributed by atoms with van der Waals surface area (Å²) >= 11 is 0. The molecule has 7 nitrogen and oxygen atoms in total. The van der Waals surface area contributed by atoms with Crippen LogP contribution in [0.25, 0.3) is 5.69 Å². The first kappa shape index (κ1) is 15.7. The predicted molar refractivity (Wildman–Crippen MR) is 89.0 cm³/mol. The minimum atomic E-state index is -0.892. The zero-order chi connectivity index (χ0) is 16.4. The van der Waals surface area contributed by atoms with E-state index in [1.54, 1.807) is 22.0 Å². The number of nitrogens with one attached hydrogen (secondary N) is 1. The molecule has 1 aromatic carbocycles. The Morgan fingerprint density at radius 2 is 2.04 bits per heavy atom. The van der Waals surface area contributed by atoms with Crippen molar-refractivity contribution in [3.8, 4) is 5.69 Å². The fourth-order valence-electron chi connectivity index (χ4n) is 2.50. The number of aromatic nitrogens is 3. The van der Waals surface area contributed by atoms with E-state index in [4.69, 9.17) is 0 Å². The van der Waals surface area contributed by atoms with Gasteiger partial charge in [0, 0.05) is 35.3 Å². The van der Waals surface area contributed by atoms with Gasteiger partial charge in [0.15, 0.2) is 0 Å². The number of nitrogens with zero attached hydrogens (tertiary/aromatic N) is 4. The molecule has 2 aromatic rings. The summed E-state index contributed by atoms with van der Waals surface area (Å²) in [6.45, 7) is 4.85. The Kier molecular flexibility index (Phi) is 4.16. The highest BCUT2D eigenvalue weighted by Gasteiger charge is 2.35. The standard InChI is InChI=1S/C15H19N5O2S/c1-15(2)11-19(9-10-23(15)22)14(21)17-12-3-5-13(6-4-12)20-8-7-16-18-20/h3-8H,9-11H2,1-2H3,(H,17,21). The number of carbonyl (C=O) groups excluding carboxylic acids is 1. The zero-order valence-electron chi connectivity index (χ0n) is 13.1. The summed E-state index contributed by atoms with van der Waals surface area (Å²) in [7, 11) is -0.892. The smallest absolute Gasteiger partial charge is 0.321 e. The lowest BCUT2D eigenvalue weighted by Crippen LogP contribution is -2.53. The van der Waals surface area contributed by atoms with Crippen LogP contribution in [0.1, 0.15) is 13.8 Å². The second-order valence-corrected chi connectivity index (χ2v) is 8.26. The highest BCUT2D eigenvalue weighted by Crippen LogP contribution is 2.21. The third-order valence-corrected chi connectivity index (χ3v) is 5.74. The van der Waals surface area contributed by atoms with E-state index in [1.165, 1.54) is 0 Å². The Hall–Kier alpha value is -2.22.